The fraction of sp³-hybridized carbons (Fsp3) is 0.684. The molecule has 0 radical (unpaired) electrons. The summed E-state index contributed by atoms with van der Waals surface area (Å²) in [5.74, 6) is 1.24. The molecule has 118 valence electrons. The maximum atomic E-state index is 5.80. The van der Waals surface area contributed by atoms with Gasteiger partial charge in [0, 0.05) is 13.1 Å². The molecular formula is C19H31NO. The highest BCUT2D eigenvalue weighted by Gasteiger charge is 2.22. The van der Waals surface area contributed by atoms with Gasteiger partial charge in [0.2, 0.25) is 0 Å². The molecule has 1 unspecified atom stereocenters. The predicted octanol–water partition coefficient (Wildman–Crippen LogP) is 4.41. The number of nitrogens with zero attached hydrogens (tertiary/aromatic N) is 1. The number of rotatable bonds is 5. The maximum absolute atomic E-state index is 5.80. The third-order valence-electron chi connectivity index (χ3n) is 4.55. The van der Waals surface area contributed by atoms with Gasteiger partial charge in [-0.3, -0.25) is 4.90 Å². The Morgan fingerprint density at radius 3 is 2.05 bits per heavy atom. The number of hydrogen-bond donors (Lipinski definition) is 0. The normalized spacial score (nSPS) is 25.2. The van der Waals surface area contributed by atoms with Gasteiger partial charge in [-0.1, -0.05) is 45.0 Å². The van der Waals surface area contributed by atoms with Crippen LogP contribution >= 0.6 is 0 Å². The number of benzene rings is 1. The molecule has 1 aromatic rings. The molecule has 0 spiro atoms. The van der Waals surface area contributed by atoms with Crippen molar-refractivity contribution in [1.29, 1.82) is 0 Å². The van der Waals surface area contributed by atoms with Crippen LogP contribution in [0.15, 0.2) is 24.3 Å². The van der Waals surface area contributed by atoms with Gasteiger partial charge in [-0.25, -0.2) is 0 Å². The van der Waals surface area contributed by atoms with Crippen LogP contribution in [0.1, 0.15) is 64.0 Å². The summed E-state index contributed by atoms with van der Waals surface area (Å²) in [7, 11) is 0. The minimum atomic E-state index is 0.370. The SMILES string of the molecule is CC(C)c1ccc(C(C)CCN2C[C@@H](C)O[C@H](C)C2)cc1. The molecule has 3 atom stereocenters. The van der Waals surface area contributed by atoms with E-state index in [-0.39, 0.29) is 0 Å². The number of morpholine rings is 1. The van der Waals surface area contributed by atoms with Crippen LogP contribution in [-0.4, -0.2) is 36.7 Å². The lowest BCUT2D eigenvalue weighted by molar-refractivity contribution is -0.0683. The fourth-order valence-electron chi connectivity index (χ4n) is 3.22. The Bertz CT molecular complexity index is 416. The van der Waals surface area contributed by atoms with Gasteiger partial charge in [-0.2, -0.15) is 0 Å². The van der Waals surface area contributed by atoms with E-state index < -0.39 is 0 Å². The highest BCUT2D eigenvalue weighted by atomic mass is 16.5. The Labute approximate surface area is 130 Å². The third kappa shape index (κ3) is 4.82. The first-order valence-electron chi connectivity index (χ1n) is 8.43. The van der Waals surface area contributed by atoms with E-state index in [1.807, 2.05) is 0 Å². The average molecular weight is 289 g/mol. The maximum Gasteiger partial charge on any atom is 0.0678 e. The molecule has 2 nitrogen and oxygen atoms in total. The minimum absolute atomic E-state index is 0.370. The van der Waals surface area contributed by atoms with Crippen LogP contribution in [-0.2, 0) is 4.74 Å². The first-order chi connectivity index (χ1) is 9.95. The van der Waals surface area contributed by atoms with E-state index in [1.165, 1.54) is 24.1 Å². The summed E-state index contributed by atoms with van der Waals surface area (Å²) < 4.78 is 5.80. The first-order valence-corrected chi connectivity index (χ1v) is 8.43. The van der Waals surface area contributed by atoms with Crippen molar-refractivity contribution < 1.29 is 4.74 Å². The monoisotopic (exact) mass is 289 g/mol. The topological polar surface area (TPSA) is 12.5 Å². The van der Waals surface area contributed by atoms with Crippen molar-refractivity contribution in [3.8, 4) is 0 Å². The number of hydrogen-bond acceptors (Lipinski definition) is 2. The smallest absolute Gasteiger partial charge is 0.0678 e. The molecular weight excluding hydrogens is 258 g/mol. The van der Waals surface area contributed by atoms with E-state index in [2.05, 4.69) is 63.8 Å². The van der Waals surface area contributed by atoms with Crippen molar-refractivity contribution in [2.24, 2.45) is 0 Å². The fourth-order valence-corrected chi connectivity index (χ4v) is 3.22. The Balaban J connectivity index is 1.85. The van der Waals surface area contributed by atoms with Gasteiger partial charge in [0.05, 0.1) is 12.2 Å². The second kappa shape index (κ2) is 7.42. The summed E-state index contributed by atoms with van der Waals surface area (Å²) >= 11 is 0. The molecule has 0 aromatic heterocycles. The Morgan fingerprint density at radius 2 is 1.52 bits per heavy atom. The van der Waals surface area contributed by atoms with Crippen molar-refractivity contribution in [1.82, 2.24) is 4.90 Å². The lowest BCUT2D eigenvalue weighted by Crippen LogP contribution is -2.45. The van der Waals surface area contributed by atoms with Crippen molar-refractivity contribution in [2.45, 2.75) is 65.1 Å². The molecule has 1 aromatic carbocycles. The molecule has 1 aliphatic heterocycles. The van der Waals surface area contributed by atoms with Crippen LogP contribution in [0.5, 0.6) is 0 Å². The summed E-state index contributed by atoms with van der Waals surface area (Å²) in [6.07, 6.45) is 1.96. The predicted molar refractivity (Wildman–Crippen MR) is 90.0 cm³/mol. The molecule has 21 heavy (non-hydrogen) atoms. The summed E-state index contributed by atoms with van der Waals surface area (Å²) in [6.45, 7) is 14.5. The highest BCUT2D eigenvalue weighted by molar-refractivity contribution is 5.26. The molecule has 1 aliphatic rings. The zero-order chi connectivity index (χ0) is 15.4. The average Bonchev–Trinajstić information content (AvgIpc) is 2.44. The van der Waals surface area contributed by atoms with Crippen LogP contribution < -0.4 is 0 Å². The third-order valence-corrected chi connectivity index (χ3v) is 4.55. The summed E-state index contributed by atoms with van der Waals surface area (Å²) in [5, 5.41) is 0. The lowest BCUT2D eigenvalue weighted by Gasteiger charge is -2.35. The van der Waals surface area contributed by atoms with Crippen LogP contribution in [0.25, 0.3) is 0 Å². The summed E-state index contributed by atoms with van der Waals surface area (Å²) in [6, 6.07) is 9.19. The quantitative estimate of drug-likeness (QED) is 0.796. The van der Waals surface area contributed by atoms with Gasteiger partial charge < -0.3 is 4.74 Å². The van der Waals surface area contributed by atoms with Gasteiger partial charge in [-0.15, -0.1) is 0 Å². The van der Waals surface area contributed by atoms with E-state index in [0.717, 1.165) is 13.1 Å². The van der Waals surface area contributed by atoms with Gasteiger partial charge >= 0.3 is 0 Å². The van der Waals surface area contributed by atoms with Gasteiger partial charge in [0.1, 0.15) is 0 Å². The summed E-state index contributed by atoms with van der Waals surface area (Å²) in [4.78, 5) is 2.55. The molecule has 0 saturated carbocycles. The van der Waals surface area contributed by atoms with Crippen LogP contribution in [0.3, 0.4) is 0 Å². The van der Waals surface area contributed by atoms with E-state index in [9.17, 15) is 0 Å². The molecule has 0 amide bonds. The molecule has 1 fully saturated rings. The van der Waals surface area contributed by atoms with E-state index in [4.69, 9.17) is 4.74 Å². The van der Waals surface area contributed by atoms with Crippen molar-refractivity contribution >= 4 is 0 Å². The molecule has 0 bridgehead atoms. The van der Waals surface area contributed by atoms with Crippen molar-refractivity contribution in [3.63, 3.8) is 0 Å². The standard InChI is InChI=1S/C19H31NO/c1-14(2)18-6-8-19(9-7-18)15(3)10-11-20-12-16(4)21-17(5)13-20/h6-9,14-17H,10-13H2,1-5H3/t15?,16-,17-/m1/s1. The Kier molecular flexibility index (Phi) is 5.83. The zero-order valence-electron chi connectivity index (χ0n) is 14.3. The van der Waals surface area contributed by atoms with Crippen molar-refractivity contribution in [2.75, 3.05) is 19.6 Å². The molecule has 0 aliphatic carbocycles. The van der Waals surface area contributed by atoms with E-state index >= 15 is 0 Å². The van der Waals surface area contributed by atoms with E-state index in [0.29, 0.717) is 24.0 Å². The second-order valence-electron chi connectivity index (χ2n) is 7.03. The first kappa shape index (κ1) is 16.5. The molecule has 1 saturated heterocycles. The number of ether oxygens (including phenoxy) is 1. The molecule has 1 heterocycles. The lowest BCUT2D eigenvalue weighted by atomic mass is 9.94. The van der Waals surface area contributed by atoms with Gasteiger partial charge in [0.25, 0.3) is 0 Å². The highest BCUT2D eigenvalue weighted by Crippen LogP contribution is 2.23. The van der Waals surface area contributed by atoms with Gasteiger partial charge in [0.15, 0.2) is 0 Å². The zero-order valence-corrected chi connectivity index (χ0v) is 14.3. The van der Waals surface area contributed by atoms with Gasteiger partial charge in [-0.05, 0) is 49.8 Å². The second-order valence-corrected chi connectivity index (χ2v) is 7.03. The largest absolute Gasteiger partial charge is 0.373 e. The Hall–Kier alpha value is -0.860. The van der Waals surface area contributed by atoms with E-state index in [1.54, 1.807) is 0 Å². The molecule has 2 heteroatoms. The minimum Gasteiger partial charge on any atom is -0.373 e. The van der Waals surface area contributed by atoms with Crippen molar-refractivity contribution in [3.05, 3.63) is 35.4 Å². The van der Waals surface area contributed by atoms with Crippen LogP contribution in [0.2, 0.25) is 0 Å². The summed E-state index contributed by atoms with van der Waals surface area (Å²) in [5.41, 5.74) is 2.90. The molecule has 2 rings (SSSR count). The Morgan fingerprint density at radius 1 is 1.00 bits per heavy atom. The van der Waals surface area contributed by atoms with Crippen LogP contribution in [0, 0.1) is 0 Å². The molecule has 0 N–H and O–H groups in total. The van der Waals surface area contributed by atoms with Crippen LogP contribution in [0.4, 0.5) is 0 Å².